The molecule has 0 bridgehead atoms. The summed E-state index contributed by atoms with van der Waals surface area (Å²) in [6, 6.07) is 9.75. The van der Waals surface area contributed by atoms with E-state index in [0.717, 1.165) is 4.47 Å². The summed E-state index contributed by atoms with van der Waals surface area (Å²) in [5, 5.41) is 3.38. The molecular weight excluding hydrogens is 427 g/mol. The maximum Gasteiger partial charge on any atom is 0.262 e. The molecule has 3 aromatic rings. The predicted octanol–water partition coefficient (Wildman–Crippen LogP) is 4.23. The minimum Gasteiger partial charge on any atom is -0.494 e. The molecule has 1 amide bonds. The van der Waals surface area contributed by atoms with Gasteiger partial charge in [-0.2, -0.15) is 0 Å². The zero-order valence-corrected chi connectivity index (χ0v) is 17.4. The maximum absolute atomic E-state index is 14.4. The minimum atomic E-state index is -0.568. The second-order valence-electron chi connectivity index (χ2n) is 6.35. The summed E-state index contributed by atoms with van der Waals surface area (Å²) >= 11 is 3.35. The minimum absolute atomic E-state index is 0.0675. The van der Waals surface area contributed by atoms with Gasteiger partial charge < -0.3 is 10.1 Å². The molecular formula is C21H20BrFN2O3. The van der Waals surface area contributed by atoms with Crippen LogP contribution in [0.1, 0.15) is 28.5 Å². The lowest BCUT2D eigenvalue weighted by Crippen LogP contribution is -2.24. The molecule has 28 heavy (non-hydrogen) atoms. The molecule has 1 N–H and O–H groups in total. The number of nitrogens with zero attached hydrogens (tertiary/aromatic N) is 1. The van der Waals surface area contributed by atoms with Gasteiger partial charge in [0.25, 0.3) is 5.91 Å². The Morgan fingerprint density at radius 2 is 1.89 bits per heavy atom. The van der Waals surface area contributed by atoms with E-state index >= 15 is 0 Å². The summed E-state index contributed by atoms with van der Waals surface area (Å²) in [6.07, 6.45) is 0.0889. The highest BCUT2D eigenvalue weighted by Crippen LogP contribution is 2.32. The molecule has 7 heteroatoms. The first-order valence-corrected chi connectivity index (χ1v) is 9.61. The molecule has 3 rings (SSSR count). The number of carbonyl (C=O) groups is 2. The van der Waals surface area contributed by atoms with Gasteiger partial charge in [-0.25, -0.2) is 4.39 Å². The van der Waals surface area contributed by atoms with E-state index in [-0.39, 0.29) is 24.0 Å². The van der Waals surface area contributed by atoms with Crippen molar-refractivity contribution in [3.05, 3.63) is 63.5 Å². The van der Waals surface area contributed by atoms with Gasteiger partial charge in [-0.3, -0.25) is 14.2 Å². The maximum atomic E-state index is 14.4. The van der Waals surface area contributed by atoms with Crippen molar-refractivity contribution in [3.63, 3.8) is 0 Å². The number of methoxy groups -OCH3 is 1. The standard InChI is InChI=1S/C21H20BrFN2O3/c1-4-24-20(26)10-15-12(2)25(21(27)13-5-7-14(22)8-6-13)18-11-17(23)19(28-3)9-16(15)18/h5-9,11H,4,10H2,1-3H3,(H,24,26). The molecule has 0 aliphatic rings. The number of halogens is 2. The number of ether oxygens (including phenoxy) is 1. The number of hydrogen-bond acceptors (Lipinski definition) is 3. The van der Waals surface area contributed by atoms with Crippen molar-refractivity contribution >= 4 is 38.6 Å². The van der Waals surface area contributed by atoms with Crippen molar-refractivity contribution in [2.24, 2.45) is 0 Å². The molecule has 0 spiro atoms. The van der Waals surface area contributed by atoms with Crippen LogP contribution in [-0.4, -0.2) is 30.0 Å². The first-order valence-electron chi connectivity index (χ1n) is 8.81. The summed E-state index contributed by atoms with van der Waals surface area (Å²) in [5.41, 5.74) is 2.14. The number of nitrogens with one attached hydrogen (secondary N) is 1. The lowest BCUT2D eigenvalue weighted by molar-refractivity contribution is -0.120. The fraction of sp³-hybridized carbons (Fsp3) is 0.238. The Labute approximate surface area is 170 Å². The van der Waals surface area contributed by atoms with Gasteiger partial charge in [0, 0.05) is 33.7 Å². The molecule has 0 unspecified atom stereocenters. The summed E-state index contributed by atoms with van der Waals surface area (Å²) in [4.78, 5) is 25.4. The second-order valence-corrected chi connectivity index (χ2v) is 7.26. The monoisotopic (exact) mass is 446 g/mol. The SMILES string of the molecule is CCNC(=O)Cc1c(C)n(C(=O)c2ccc(Br)cc2)c2cc(F)c(OC)cc12. The topological polar surface area (TPSA) is 60.3 Å². The highest BCUT2D eigenvalue weighted by atomic mass is 79.9. The molecule has 1 heterocycles. The molecule has 2 aromatic carbocycles. The van der Waals surface area contributed by atoms with E-state index < -0.39 is 5.82 Å². The van der Waals surface area contributed by atoms with Crippen LogP contribution in [0, 0.1) is 12.7 Å². The van der Waals surface area contributed by atoms with Crippen molar-refractivity contribution in [2.45, 2.75) is 20.3 Å². The van der Waals surface area contributed by atoms with Crippen molar-refractivity contribution in [2.75, 3.05) is 13.7 Å². The molecule has 0 radical (unpaired) electrons. The van der Waals surface area contributed by atoms with Crippen molar-refractivity contribution in [1.82, 2.24) is 9.88 Å². The van der Waals surface area contributed by atoms with Crippen LogP contribution in [-0.2, 0) is 11.2 Å². The van der Waals surface area contributed by atoms with Crippen molar-refractivity contribution in [1.29, 1.82) is 0 Å². The lowest BCUT2D eigenvalue weighted by Gasteiger charge is -2.08. The molecule has 0 saturated carbocycles. The van der Waals surface area contributed by atoms with Crippen molar-refractivity contribution < 1.29 is 18.7 Å². The number of carbonyl (C=O) groups excluding carboxylic acids is 2. The summed E-state index contributed by atoms with van der Waals surface area (Å²) in [7, 11) is 1.38. The van der Waals surface area contributed by atoms with Gasteiger partial charge >= 0.3 is 0 Å². The first kappa shape index (κ1) is 20.1. The van der Waals surface area contributed by atoms with Crippen LogP contribution < -0.4 is 10.1 Å². The molecule has 0 aliphatic heterocycles. The Bertz CT molecular complexity index is 1060. The number of benzene rings is 2. The molecule has 0 saturated heterocycles. The van der Waals surface area contributed by atoms with Crippen molar-refractivity contribution in [3.8, 4) is 5.75 Å². The van der Waals surface area contributed by atoms with Gasteiger partial charge in [-0.05, 0) is 49.7 Å². The van der Waals surface area contributed by atoms with Gasteiger partial charge in [0.1, 0.15) is 0 Å². The molecule has 146 valence electrons. The number of rotatable bonds is 5. The Balaban J connectivity index is 2.22. The van der Waals surface area contributed by atoms with E-state index in [1.54, 1.807) is 31.2 Å². The van der Waals surface area contributed by atoms with Gasteiger partial charge in [0.2, 0.25) is 5.91 Å². The van der Waals surface area contributed by atoms with E-state index in [1.165, 1.54) is 23.8 Å². The van der Waals surface area contributed by atoms with Crippen LogP contribution in [0.15, 0.2) is 40.9 Å². The second kappa shape index (κ2) is 8.14. The fourth-order valence-corrected chi connectivity index (χ4v) is 3.53. The highest BCUT2D eigenvalue weighted by Gasteiger charge is 2.23. The highest BCUT2D eigenvalue weighted by molar-refractivity contribution is 9.10. The van der Waals surface area contributed by atoms with Crippen LogP contribution in [0.3, 0.4) is 0 Å². The molecule has 0 aliphatic carbocycles. The Morgan fingerprint density at radius 3 is 2.50 bits per heavy atom. The third kappa shape index (κ3) is 3.67. The van der Waals surface area contributed by atoms with Gasteiger partial charge in [0.15, 0.2) is 11.6 Å². The molecule has 5 nitrogen and oxygen atoms in total. The van der Waals surface area contributed by atoms with E-state index in [9.17, 15) is 14.0 Å². The van der Waals surface area contributed by atoms with E-state index in [0.29, 0.717) is 34.3 Å². The predicted molar refractivity (Wildman–Crippen MR) is 109 cm³/mol. The lowest BCUT2D eigenvalue weighted by atomic mass is 10.1. The van der Waals surface area contributed by atoms with Crippen LogP contribution in [0.4, 0.5) is 4.39 Å². The zero-order chi connectivity index (χ0) is 20.4. The number of fused-ring (bicyclic) bond motifs is 1. The van der Waals surface area contributed by atoms with Crippen LogP contribution in [0.25, 0.3) is 10.9 Å². The average molecular weight is 447 g/mol. The third-order valence-corrected chi connectivity index (χ3v) is 5.14. The average Bonchev–Trinajstić information content (AvgIpc) is 2.92. The van der Waals surface area contributed by atoms with Crippen LogP contribution in [0.2, 0.25) is 0 Å². The van der Waals surface area contributed by atoms with E-state index in [1.807, 2.05) is 6.92 Å². The Morgan fingerprint density at radius 1 is 1.21 bits per heavy atom. The Hall–Kier alpha value is -2.67. The molecule has 0 fully saturated rings. The summed E-state index contributed by atoms with van der Waals surface area (Å²) in [5.74, 6) is -0.953. The van der Waals surface area contributed by atoms with E-state index in [2.05, 4.69) is 21.2 Å². The quantitative estimate of drug-likeness (QED) is 0.637. The molecule has 0 atom stereocenters. The smallest absolute Gasteiger partial charge is 0.262 e. The van der Waals surface area contributed by atoms with Gasteiger partial charge in [0.05, 0.1) is 19.0 Å². The normalized spacial score (nSPS) is 10.9. The number of likely N-dealkylation sites (N-methyl/N-ethyl adjacent to an activating group) is 1. The van der Waals surface area contributed by atoms with Crippen LogP contribution in [0.5, 0.6) is 5.75 Å². The fourth-order valence-electron chi connectivity index (χ4n) is 3.26. The molecule has 1 aromatic heterocycles. The summed E-state index contributed by atoms with van der Waals surface area (Å²) in [6.45, 7) is 4.10. The summed E-state index contributed by atoms with van der Waals surface area (Å²) < 4.78 is 21.8. The zero-order valence-electron chi connectivity index (χ0n) is 15.8. The largest absolute Gasteiger partial charge is 0.494 e. The first-order chi connectivity index (χ1) is 13.4. The third-order valence-electron chi connectivity index (χ3n) is 4.61. The van der Waals surface area contributed by atoms with Gasteiger partial charge in [-0.1, -0.05) is 15.9 Å². The van der Waals surface area contributed by atoms with Crippen LogP contribution >= 0.6 is 15.9 Å². The number of amides is 1. The number of hydrogen-bond donors (Lipinski definition) is 1. The van der Waals surface area contributed by atoms with E-state index in [4.69, 9.17) is 4.74 Å². The number of aromatic nitrogens is 1. The van der Waals surface area contributed by atoms with Gasteiger partial charge in [-0.15, -0.1) is 0 Å². The Kier molecular flexibility index (Phi) is 5.84.